The second-order valence-electron chi connectivity index (χ2n) is 4.92. The Balaban J connectivity index is 2.15. The average Bonchev–Trinajstić information content (AvgIpc) is 2.52. The maximum absolute atomic E-state index is 11.7. The molecule has 4 heteroatoms. The molecule has 3 aromatic rings. The molecular weight excluding hydrogens is 266 g/mol. The van der Waals surface area contributed by atoms with E-state index in [1.807, 2.05) is 42.5 Å². The quantitative estimate of drug-likeness (QED) is 0.739. The molecule has 0 radical (unpaired) electrons. The third-order valence-electron chi connectivity index (χ3n) is 3.72. The molecule has 2 aromatic carbocycles. The molecule has 0 unspecified atom stereocenters. The van der Waals surface area contributed by atoms with Gasteiger partial charge in [-0.3, -0.25) is 0 Å². The minimum absolute atomic E-state index is 0.228. The number of pyridine rings is 1. The summed E-state index contributed by atoms with van der Waals surface area (Å²) in [7, 11) is 0. The van der Waals surface area contributed by atoms with E-state index < -0.39 is 5.97 Å². The van der Waals surface area contributed by atoms with E-state index in [1.54, 1.807) is 6.07 Å². The minimum atomic E-state index is -0.951. The minimum Gasteiger partial charge on any atom is -0.488 e. The zero-order chi connectivity index (χ0) is 14.4. The number of hydrogen-bond donors (Lipinski definition) is 1. The van der Waals surface area contributed by atoms with Crippen LogP contribution < -0.4 is 4.74 Å². The smallest absolute Gasteiger partial charge is 0.336 e. The molecule has 0 amide bonds. The predicted octanol–water partition coefficient (Wildman–Crippen LogP) is 3.49. The van der Waals surface area contributed by atoms with Crippen LogP contribution in [0.25, 0.3) is 22.2 Å². The summed E-state index contributed by atoms with van der Waals surface area (Å²) in [4.78, 5) is 16.4. The van der Waals surface area contributed by atoms with Crippen LogP contribution in [0.4, 0.5) is 0 Å². The van der Waals surface area contributed by atoms with Gasteiger partial charge in [0.15, 0.2) is 0 Å². The highest BCUT2D eigenvalue weighted by molar-refractivity contribution is 6.06. The van der Waals surface area contributed by atoms with Crippen molar-refractivity contribution >= 4 is 16.9 Å². The summed E-state index contributed by atoms with van der Waals surface area (Å²) in [6.07, 6.45) is 0. The number of aromatic carboxylic acids is 1. The first kappa shape index (κ1) is 11.9. The van der Waals surface area contributed by atoms with Crippen LogP contribution in [0.2, 0.25) is 0 Å². The number of benzene rings is 2. The molecular formula is C17H11NO3. The van der Waals surface area contributed by atoms with E-state index in [0.29, 0.717) is 22.2 Å². The molecule has 0 bridgehead atoms. The van der Waals surface area contributed by atoms with Gasteiger partial charge < -0.3 is 9.84 Å². The number of fused-ring (bicyclic) bond motifs is 4. The number of nitrogens with zero attached hydrogens (tertiary/aromatic N) is 1. The Morgan fingerprint density at radius 2 is 1.86 bits per heavy atom. The van der Waals surface area contributed by atoms with Gasteiger partial charge in [-0.05, 0) is 18.2 Å². The van der Waals surface area contributed by atoms with Gasteiger partial charge >= 0.3 is 5.97 Å². The van der Waals surface area contributed by atoms with Crippen LogP contribution in [0.5, 0.6) is 5.75 Å². The van der Waals surface area contributed by atoms with E-state index in [-0.39, 0.29) is 12.2 Å². The normalized spacial score (nSPS) is 12.4. The summed E-state index contributed by atoms with van der Waals surface area (Å²) >= 11 is 0. The van der Waals surface area contributed by atoms with Crippen molar-refractivity contribution < 1.29 is 14.6 Å². The monoisotopic (exact) mass is 277 g/mol. The van der Waals surface area contributed by atoms with E-state index in [4.69, 9.17) is 4.74 Å². The summed E-state index contributed by atoms with van der Waals surface area (Å²) in [6.45, 7) is 0.228. The zero-order valence-corrected chi connectivity index (χ0v) is 11.0. The molecule has 0 spiro atoms. The number of carbonyl (C=O) groups is 1. The lowest BCUT2D eigenvalue weighted by atomic mass is 9.95. The van der Waals surface area contributed by atoms with Crippen LogP contribution in [-0.2, 0) is 6.61 Å². The SMILES string of the molecule is O=C(O)c1c2c(nc3ccccc13)-c1ccccc1OC2. The lowest BCUT2D eigenvalue weighted by Gasteiger charge is -2.22. The Morgan fingerprint density at radius 1 is 1.10 bits per heavy atom. The fourth-order valence-electron chi connectivity index (χ4n) is 2.80. The van der Waals surface area contributed by atoms with Crippen LogP contribution >= 0.6 is 0 Å². The number of rotatable bonds is 1. The molecule has 21 heavy (non-hydrogen) atoms. The van der Waals surface area contributed by atoms with Crippen molar-refractivity contribution in [2.75, 3.05) is 0 Å². The van der Waals surface area contributed by atoms with Crippen molar-refractivity contribution in [1.82, 2.24) is 4.98 Å². The Morgan fingerprint density at radius 3 is 2.71 bits per heavy atom. The average molecular weight is 277 g/mol. The maximum atomic E-state index is 11.7. The van der Waals surface area contributed by atoms with Gasteiger partial charge in [-0.25, -0.2) is 9.78 Å². The van der Waals surface area contributed by atoms with Gasteiger partial charge in [-0.1, -0.05) is 30.3 Å². The van der Waals surface area contributed by atoms with Crippen molar-refractivity contribution in [3.63, 3.8) is 0 Å². The van der Waals surface area contributed by atoms with Gasteiger partial charge in [-0.15, -0.1) is 0 Å². The van der Waals surface area contributed by atoms with E-state index in [0.717, 1.165) is 11.3 Å². The molecule has 1 aromatic heterocycles. The number of aromatic nitrogens is 1. The lowest BCUT2D eigenvalue weighted by molar-refractivity contribution is 0.0696. The highest BCUT2D eigenvalue weighted by Gasteiger charge is 2.26. The lowest BCUT2D eigenvalue weighted by Crippen LogP contribution is -2.14. The summed E-state index contributed by atoms with van der Waals surface area (Å²) in [6, 6.07) is 14.9. The van der Waals surface area contributed by atoms with Crippen LogP contribution in [0.15, 0.2) is 48.5 Å². The molecule has 2 heterocycles. The summed E-state index contributed by atoms with van der Waals surface area (Å²) in [5.41, 5.74) is 3.15. The van der Waals surface area contributed by atoms with Crippen LogP contribution in [0.1, 0.15) is 15.9 Å². The molecule has 1 N–H and O–H groups in total. The molecule has 0 aliphatic carbocycles. The molecule has 102 valence electrons. The van der Waals surface area contributed by atoms with Gasteiger partial charge in [0.05, 0.1) is 16.8 Å². The largest absolute Gasteiger partial charge is 0.488 e. The third-order valence-corrected chi connectivity index (χ3v) is 3.72. The first-order valence-corrected chi connectivity index (χ1v) is 6.63. The van der Waals surface area contributed by atoms with Crippen molar-refractivity contribution in [3.8, 4) is 17.0 Å². The molecule has 0 saturated carbocycles. The summed E-state index contributed by atoms with van der Waals surface area (Å²) in [5, 5.41) is 10.2. The molecule has 1 aliphatic rings. The zero-order valence-electron chi connectivity index (χ0n) is 11.0. The number of carboxylic acids is 1. The van der Waals surface area contributed by atoms with Gasteiger partial charge in [0.2, 0.25) is 0 Å². The van der Waals surface area contributed by atoms with Gasteiger partial charge in [0, 0.05) is 16.5 Å². The Bertz CT molecular complexity index is 886. The van der Waals surface area contributed by atoms with E-state index in [9.17, 15) is 9.90 Å². The Kier molecular flexibility index (Phi) is 2.44. The molecule has 0 saturated heterocycles. The second-order valence-corrected chi connectivity index (χ2v) is 4.92. The van der Waals surface area contributed by atoms with Crippen LogP contribution in [0, 0.1) is 0 Å². The van der Waals surface area contributed by atoms with E-state index in [2.05, 4.69) is 4.98 Å². The molecule has 4 nitrogen and oxygen atoms in total. The van der Waals surface area contributed by atoms with E-state index in [1.165, 1.54) is 0 Å². The Labute approximate surface area is 120 Å². The summed E-state index contributed by atoms with van der Waals surface area (Å²) in [5.74, 6) is -0.211. The van der Waals surface area contributed by atoms with Crippen molar-refractivity contribution in [2.24, 2.45) is 0 Å². The van der Waals surface area contributed by atoms with Crippen molar-refractivity contribution in [1.29, 1.82) is 0 Å². The first-order valence-electron chi connectivity index (χ1n) is 6.63. The Hall–Kier alpha value is -2.88. The number of para-hydroxylation sites is 2. The van der Waals surface area contributed by atoms with Gasteiger partial charge in [-0.2, -0.15) is 0 Å². The number of ether oxygens (including phenoxy) is 1. The standard InChI is InChI=1S/C17H11NO3/c19-17(20)15-10-5-1-3-7-13(10)18-16-11-6-2-4-8-14(11)21-9-12(15)16/h1-8H,9H2,(H,19,20). The van der Waals surface area contributed by atoms with Crippen LogP contribution in [-0.4, -0.2) is 16.1 Å². The molecule has 0 fully saturated rings. The molecule has 0 atom stereocenters. The molecule has 4 rings (SSSR count). The highest BCUT2D eigenvalue weighted by Crippen LogP contribution is 2.39. The van der Waals surface area contributed by atoms with E-state index >= 15 is 0 Å². The molecule has 1 aliphatic heterocycles. The fraction of sp³-hybridized carbons (Fsp3) is 0.0588. The summed E-state index contributed by atoms with van der Waals surface area (Å²) < 4.78 is 5.69. The fourth-order valence-corrected chi connectivity index (χ4v) is 2.80. The number of carboxylic acid groups (broad SMARTS) is 1. The van der Waals surface area contributed by atoms with Gasteiger partial charge in [0.25, 0.3) is 0 Å². The third kappa shape index (κ3) is 1.69. The van der Waals surface area contributed by atoms with Crippen LogP contribution in [0.3, 0.4) is 0 Å². The van der Waals surface area contributed by atoms with Crippen molar-refractivity contribution in [3.05, 3.63) is 59.7 Å². The van der Waals surface area contributed by atoms with Crippen molar-refractivity contribution in [2.45, 2.75) is 6.61 Å². The highest BCUT2D eigenvalue weighted by atomic mass is 16.5. The van der Waals surface area contributed by atoms with Gasteiger partial charge in [0.1, 0.15) is 12.4 Å². The number of hydrogen-bond acceptors (Lipinski definition) is 3. The topological polar surface area (TPSA) is 59.4 Å². The first-order chi connectivity index (χ1) is 10.3. The predicted molar refractivity (Wildman–Crippen MR) is 78.5 cm³/mol. The maximum Gasteiger partial charge on any atom is 0.336 e. The second kappa shape index (κ2) is 4.31.